The predicted octanol–water partition coefficient (Wildman–Crippen LogP) is 0.514. The summed E-state index contributed by atoms with van der Waals surface area (Å²) in [6.07, 6.45) is 3.39. The number of amides is 8. The lowest BCUT2D eigenvalue weighted by molar-refractivity contribution is -0.140. The summed E-state index contributed by atoms with van der Waals surface area (Å²) in [7, 11) is 0. The highest BCUT2D eigenvalue weighted by atomic mass is 16.5. The Labute approximate surface area is 316 Å². The number of unbranched alkanes of at least 4 members (excludes halogenated alkanes) is 2. The number of rotatable bonds is 24. The van der Waals surface area contributed by atoms with E-state index in [0.717, 1.165) is 4.90 Å². The number of benzene rings is 1. The average Bonchev–Trinajstić information content (AvgIpc) is 3.45. The zero-order valence-corrected chi connectivity index (χ0v) is 30.6. The van der Waals surface area contributed by atoms with Crippen LogP contribution in [0.5, 0.6) is 0 Å². The van der Waals surface area contributed by atoms with Crippen molar-refractivity contribution in [3.05, 3.63) is 47.5 Å². The molecule has 298 valence electrons. The van der Waals surface area contributed by atoms with Crippen molar-refractivity contribution in [1.29, 1.82) is 0 Å². The van der Waals surface area contributed by atoms with Crippen LogP contribution in [0.25, 0.3) is 5.53 Å². The minimum atomic E-state index is -1.43. The van der Waals surface area contributed by atoms with E-state index in [4.69, 9.17) is 16.0 Å². The standard InChI is InChI=1S/C35H47N9O11/c1-21(2)30(43-27(46)8-4-3-5-18-44-28(47)15-16-29(44)48)32(50)41-25(7-6-17-38-34(36)53)31(49)40-23-11-9-22(10-12-23)20-55-35(54)42-26(33(51)52)14-13-24(45)19-39-37/h9-12,15-16,19,21,25-26,30H,3-8,13-14,17-18,20H2,1-2H3,(H,40,49)(H,41,50)(H,42,54)(H,43,46)(H,51,52)(H3,36,38,53)/t25?,26-,30?/m0/s1. The molecule has 8 amide bonds. The molecule has 0 aromatic heterocycles. The third-order valence-corrected chi connectivity index (χ3v) is 8.12. The van der Waals surface area contributed by atoms with Gasteiger partial charge in [0.15, 0.2) is 0 Å². The number of imide groups is 1. The van der Waals surface area contributed by atoms with Crippen molar-refractivity contribution in [2.45, 2.75) is 89.9 Å². The van der Waals surface area contributed by atoms with Crippen molar-refractivity contribution in [2.75, 3.05) is 18.4 Å². The maximum absolute atomic E-state index is 13.4. The number of nitrogens with zero attached hydrogens (tertiary/aromatic N) is 3. The number of anilines is 1. The van der Waals surface area contributed by atoms with E-state index >= 15 is 0 Å². The molecule has 20 nitrogen and oxygen atoms in total. The molecular formula is C35H47N9O11. The number of carbonyl (C=O) groups is 9. The Morgan fingerprint density at radius 1 is 0.873 bits per heavy atom. The normalized spacial score (nSPS) is 13.5. The Morgan fingerprint density at radius 2 is 1.55 bits per heavy atom. The van der Waals surface area contributed by atoms with Gasteiger partial charge in [0.1, 0.15) is 24.7 Å². The van der Waals surface area contributed by atoms with E-state index in [-0.39, 0.29) is 75.4 Å². The molecule has 2 rings (SSSR count). The zero-order valence-electron chi connectivity index (χ0n) is 30.6. The molecule has 0 fully saturated rings. The van der Waals surface area contributed by atoms with Crippen molar-refractivity contribution < 1.29 is 57.8 Å². The van der Waals surface area contributed by atoms with Crippen LogP contribution in [0.2, 0.25) is 0 Å². The first kappa shape index (κ1) is 44.7. The fraction of sp³-hybridized carbons (Fsp3) is 0.486. The van der Waals surface area contributed by atoms with Gasteiger partial charge in [-0.15, -0.1) is 0 Å². The summed E-state index contributed by atoms with van der Waals surface area (Å²) in [4.78, 5) is 113. The number of alkyl carbamates (subject to hydrolysis) is 1. The number of aliphatic carboxylic acids is 1. The number of hydrogen-bond acceptors (Lipinski definition) is 10. The molecule has 1 aliphatic heterocycles. The van der Waals surface area contributed by atoms with Crippen LogP contribution in [0, 0.1) is 5.92 Å². The number of nitrogens with two attached hydrogens (primary N) is 1. The molecule has 0 aliphatic carbocycles. The highest BCUT2D eigenvalue weighted by Crippen LogP contribution is 2.14. The van der Waals surface area contributed by atoms with Gasteiger partial charge in [-0.3, -0.25) is 33.7 Å². The molecule has 8 N–H and O–H groups in total. The Bertz CT molecular complexity index is 1640. The molecule has 1 aromatic carbocycles. The number of carboxylic acids is 1. The van der Waals surface area contributed by atoms with Gasteiger partial charge >= 0.3 is 24.3 Å². The van der Waals surface area contributed by atoms with E-state index in [1.165, 1.54) is 36.4 Å². The van der Waals surface area contributed by atoms with Gasteiger partial charge in [-0.25, -0.2) is 14.4 Å². The monoisotopic (exact) mass is 769 g/mol. The molecular weight excluding hydrogens is 722 g/mol. The molecule has 2 unspecified atom stereocenters. The Morgan fingerprint density at radius 3 is 2.15 bits per heavy atom. The molecule has 1 aliphatic rings. The molecule has 0 spiro atoms. The number of ketones is 1. The predicted molar refractivity (Wildman–Crippen MR) is 194 cm³/mol. The van der Waals surface area contributed by atoms with E-state index in [1.54, 1.807) is 13.8 Å². The molecule has 55 heavy (non-hydrogen) atoms. The third-order valence-electron chi connectivity index (χ3n) is 8.12. The van der Waals surface area contributed by atoms with Gasteiger partial charge < -0.3 is 47.7 Å². The smallest absolute Gasteiger partial charge is 0.408 e. The maximum Gasteiger partial charge on any atom is 0.408 e. The summed E-state index contributed by atoms with van der Waals surface area (Å²) in [6, 6.07) is 1.80. The van der Waals surface area contributed by atoms with Gasteiger partial charge in [0.05, 0.1) is 0 Å². The van der Waals surface area contributed by atoms with Crippen LogP contribution < -0.4 is 32.3 Å². The second-order valence-electron chi connectivity index (χ2n) is 12.8. The van der Waals surface area contributed by atoms with Gasteiger partial charge in [0.2, 0.25) is 23.5 Å². The quantitative estimate of drug-likeness (QED) is 0.0250. The van der Waals surface area contributed by atoms with Crippen LogP contribution in [-0.4, -0.2) is 106 Å². The lowest BCUT2D eigenvalue weighted by Crippen LogP contribution is -2.54. The van der Waals surface area contributed by atoms with Crippen LogP contribution in [-0.2, 0) is 44.9 Å². The topological polar surface area (TPSA) is 309 Å². The number of nitrogens with one attached hydrogen (secondary N) is 5. The van der Waals surface area contributed by atoms with Gasteiger partial charge in [-0.2, -0.15) is 4.79 Å². The van der Waals surface area contributed by atoms with E-state index < -0.39 is 53.8 Å². The van der Waals surface area contributed by atoms with Crippen LogP contribution in [0.4, 0.5) is 15.3 Å². The largest absolute Gasteiger partial charge is 0.480 e. The molecule has 0 saturated heterocycles. The molecule has 1 aromatic rings. The fourth-order valence-corrected chi connectivity index (χ4v) is 5.13. The zero-order chi connectivity index (χ0) is 40.9. The van der Waals surface area contributed by atoms with Crippen LogP contribution in [0.1, 0.15) is 70.8 Å². The molecule has 0 saturated carbocycles. The average molecular weight is 770 g/mol. The summed E-state index contributed by atoms with van der Waals surface area (Å²) in [5, 5.41) is 22.0. The number of ether oxygens (including phenoxy) is 1. The first-order valence-electron chi connectivity index (χ1n) is 17.5. The van der Waals surface area contributed by atoms with Crippen molar-refractivity contribution in [3.63, 3.8) is 0 Å². The first-order chi connectivity index (χ1) is 26.1. The fourth-order valence-electron chi connectivity index (χ4n) is 5.13. The lowest BCUT2D eigenvalue weighted by Gasteiger charge is -2.25. The van der Waals surface area contributed by atoms with Gasteiger partial charge in [-0.05, 0) is 55.7 Å². The molecule has 0 radical (unpaired) electrons. The maximum atomic E-state index is 13.4. The minimum Gasteiger partial charge on any atom is -0.480 e. The highest BCUT2D eigenvalue weighted by Gasteiger charge is 2.29. The summed E-state index contributed by atoms with van der Waals surface area (Å²) in [5.41, 5.74) is 14.3. The number of carboxylic acid groups (broad SMARTS) is 1. The number of hydrogen-bond donors (Lipinski definition) is 7. The van der Waals surface area contributed by atoms with Gasteiger partial charge in [-0.1, -0.05) is 32.4 Å². The minimum absolute atomic E-state index is 0.0930. The van der Waals surface area contributed by atoms with Crippen LogP contribution >= 0.6 is 0 Å². The molecule has 20 heteroatoms. The van der Waals surface area contributed by atoms with E-state index in [0.29, 0.717) is 36.7 Å². The SMILES string of the molecule is CC(C)C(NC(=O)CCCCCN1C(=O)C=CC1=O)C(=O)NC(CCCNC(N)=O)C(=O)Nc1ccc(COC(=O)N[C@@H](CCC(=O)C=[N+]=[N-])C(=O)O)cc1. The summed E-state index contributed by atoms with van der Waals surface area (Å²) in [6.45, 7) is 3.56. The summed E-state index contributed by atoms with van der Waals surface area (Å²) < 4.78 is 5.07. The van der Waals surface area contributed by atoms with Gasteiger partial charge in [0.25, 0.3) is 11.8 Å². The van der Waals surface area contributed by atoms with E-state index in [1.807, 2.05) is 0 Å². The van der Waals surface area contributed by atoms with Crippen molar-refractivity contribution in [1.82, 2.24) is 26.2 Å². The van der Waals surface area contributed by atoms with Crippen LogP contribution in [0.15, 0.2) is 36.4 Å². The number of primary amides is 1. The lowest BCUT2D eigenvalue weighted by atomic mass is 10.0. The van der Waals surface area contributed by atoms with Gasteiger partial charge in [0, 0.05) is 43.8 Å². The second-order valence-corrected chi connectivity index (χ2v) is 12.8. The van der Waals surface area contributed by atoms with E-state index in [9.17, 15) is 48.3 Å². The number of urea groups is 1. The highest BCUT2D eigenvalue weighted by molar-refractivity contribution is 6.25. The first-order valence-corrected chi connectivity index (χ1v) is 17.5. The summed E-state index contributed by atoms with van der Waals surface area (Å²) in [5.74, 6) is -4.73. The number of carbonyl (C=O) groups excluding carboxylic acids is 8. The molecule has 3 atom stereocenters. The molecule has 1 heterocycles. The van der Waals surface area contributed by atoms with Crippen molar-refractivity contribution in [3.8, 4) is 0 Å². The van der Waals surface area contributed by atoms with Crippen molar-refractivity contribution in [2.24, 2.45) is 11.7 Å². The van der Waals surface area contributed by atoms with Crippen molar-refractivity contribution >= 4 is 65.3 Å². The Hall–Kier alpha value is -6.43. The Kier molecular flexibility index (Phi) is 18.9. The van der Waals surface area contributed by atoms with E-state index in [2.05, 4.69) is 31.4 Å². The van der Waals surface area contributed by atoms with Crippen LogP contribution in [0.3, 0.4) is 0 Å². The second kappa shape index (κ2) is 23.3. The number of Topliss-reactive ketones (excluding diaryl/α,β-unsaturated/α-hetero) is 1. The molecule has 0 bridgehead atoms. The Balaban J connectivity index is 1.95. The third kappa shape index (κ3) is 16.8. The summed E-state index contributed by atoms with van der Waals surface area (Å²) >= 11 is 0.